The summed E-state index contributed by atoms with van der Waals surface area (Å²) in [7, 11) is 0. The molecule has 1 aromatic rings. The van der Waals surface area contributed by atoms with E-state index in [9.17, 15) is 4.79 Å². The van der Waals surface area contributed by atoms with Crippen molar-refractivity contribution in [3.63, 3.8) is 0 Å². The molecular weight excluding hydrogens is 190 g/mol. The van der Waals surface area contributed by atoms with Gasteiger partial charge in [-0.25, -0.2) is 0 Å². The second kappa shape index (κ2) is 4.34. The molecule has 0 radical (unpaired) electrons. The first-order valence-corrected chi connectivity index (χ1v) is 5.31. The summed E-state index contributed by atoms with van der Waals surface area (Å²) in [5.74, 6) is 1.03. The lowest BCUT2D eigenvalue weighted by atomic mass is 9.98. The molecule has 1 aliphatic heterocycles. The highest BCUT2D eigenvalue weighted by atomic mass is 16.5. The predicted molar refractivity (Wildman–Crippen MR) is 58.0 cm³/mol. The summed E-state index contributed by atoms with van der Waals surface area (Å²) in [6, 6.07) is 7.79. The fourth-order valence-corrected chi connectivity index (χ4v) is 1.88. The molecule has 0 aromatic heterocycles. The van der Waals surface area contributed by atoms with E-state index in [1.807, 2.05) is 31.2 Å². The van der Waals surface area contributed by atoms with Gasteiger partial charge < -0.3 is 10.1 Å². The maximum Gasteiger partial charge on any atom is 0.227 e. The smallest absolute Gasteiger partial charge is 0.227 e. The van der Waals surface area contributed by atoms with Crippen LogP contribution in [0, 0.1) is 0 Å². The third-order valence-electron chi connectivity index (χ3n) is 2.64. The lowest BCUT2D eigenvalue weighted by Crippen LogP contribution is -2.17. The normalized spacial score (nSPS) is 20.1. The summed E-state index contributed by atoms with van der Waals surface area (Å²) in [6.45, 7) is 3.41. The Morgan fingerprint density at radius 1 is 1.40 bits per heavy atom. The first-order valence-electron chi connectivity index (χ1n) is 5.31. The van der Waals surface area contributed by atoms with Gasteiger partial charge in [-0.15, -0.1) is 0 Å². The Morgan fingerprint density at radius 2 is 2.13 bits per heavy atom. The highest BCUT2D eigenvalue weighted by molar-refractivity contribution is 5.85. The summed E-state index contributed by atoms with van der Waals surface area (Å²) in [5, 5.41) is 2.84. The number of ether oxygens (including phenoxy) is 1. The Morgan fingerprint density at radius 3 is 2.67 bits per heavy atom. The molecule has 1 aliphatic rings. The van der Waals surface area contributed by atoms with E-state index in [4.69, 9.17) is 4.74 Å². The second-order valence-corrected chi connectivity index (χ2v) is 3.63. The van der Waals surface area contributed by atoms with Crippen molar-refractivity contribution in [3.05, 3.63) is 29.8 Å². The lowest BCUT2D eigenvalue weighted by molar-refractivity contribution is -0.120. The number of benzene rings is 1. The third-order valence-corrected chi connectivity index (χ3v) is 2.64. The van der Waals surface area contributed by atoms with Gasteiger partial charge in [0, 0.05) is 6.54 Å². The number of amides is 1. The molecule has 1 aromatic carbocycles. The molecule has 80 valence electrons. The zero-order valence-corrected chi connectivity index (χ0v) is 8.82. The molecule has 3 nitrogen and oxygen atoms in total. The maximum atomic E-state index is 11.4. The standard InChI is InChI=1S/C12H15NO2/c1-2-15-10-5-3-9(4-6-10)11-7-8-13-12(11)14/h3-6,11H,2,7-8H2,1H3,(H,13,14). The molecule has 1 saturated heterocycles. The van der Waals surface area contributed by atoms with Gasteiger partial charge in [0.05, 0.1) is 12.5 Å². The summed E-state index contributed by atoms with van der Waals surface area (Å²) >= 11 is 0. The van der Waals surface area contributed by atoms with Gasteiger partial charge >= 0.3 is 0 Å². The fourth-order valence-electron chi connectivity index (χ4n) is 1.88. The van der Waals surface area contributed by atoms with Crippen LogP contribution in [0.15, 0.2) is 24.3 Å². The van der Waals surface area contributed by atoms with Gasteiger partial charge in [-0.3, -0.25) is 4.79 Å². The van der Waals surface area contributed by atoms with Gasteiger partial charge in [-0.05, 0) is 31.0 Å². The molecule has 0 aliphatic carbocycles. The molecule has 1 atom stereocenters. The van der Waals surface area contributed by atoms with Crippen LogP contribution in [0.3, 0.4) is 0 Å². The quantitative estimate of drug-likeness (QED) is 0.815. The molecule has 0 bridgehead atoms. The number of hydrogen-bond donors (Lipinski definition) is 1. The highest BCUT2D eigenvalue weighted by Gasteiger charge is 2.25. The van der Waals surface area contributed by atoms with E-state index in [0.717, 1.165) is 24.3 Å². The van der Waals surface area contributed by atoms with E-state index >= 15 is 0 Å². The van der Waals surface area contributed by atoms with Crippen molar-refractivity contribution in [2.45, 2.75) is 19.3 Å². The van der Waals surface area contributed by atoms with Crippen molar-refractivity contribution >= 4 is 5.91 Å². The van der Waals surface area contributed by atoms with E-state index < -0.39 is 0 Å². The van der Waals surface area contributed by atoms with Crippen LogP contribution in [-0.4, -0.2) is 19.1 Å². The number of nitrogens with one attached hydrogen (secondary N) is 1. The Balaban J connectivity index is 2.12. The van der Waals surface area contributed by atoms with Crippen LogP contribution < -0.4 is 10.1 Å². The minimum atomic E-state index is 0.0284. The first-order chi connectivity index (χ1) is 7.31. The van der Waals surface area contributed by atoms with Gasteiger partial charge in [0.15, 0.2) is 0 Å². The Labute approximate surface area is 89.4 Å². The predicted octanol–water partition coefficient (Wildman–Crippen LogP) is 1.69. The first kappa shape index (κ1) is 10.0. The fraction of sp³-hybridized carbons (Fsp3) is 0.417. The minimum absolute atomic E-state index is 0.0284. The van der Waals surface area contributed by atoms with Crippen LogP contribution in [0.25, 0.3) is 0 Å². The average molecular weight is 205 g/mol. The van der Waals surface area contributed by atoms with Gasteiger partial charge in [0.2, 0.25) is 5.91 Å². The number of carbonyl (C=O) groups excluding carboxylic acids is 1. The van der Waals surface area contributed by atoms with Gasteiger partial charge in [0.1, 0.15) is 5.75 Å². The molecule has 1 heterocycles. The Kier molecular flexibility index (Phi) is 2.90. The monoisotopic (exact) mass is 205 g/mol. The molecule has 1 amide bonds. The van der Waals surface area contributed by atoms with Crippen molar-refractivity contribution in [1.82, 2.24) is 5.32 Å². The highest BCUT2D eigenvalue weighted by Crippen LogP contribution is 2.25. The zero-order chi connectivity index (χ0) is 10.7. The van der Waals surface area contributed by atoms with Crippen molar-refractivity contribution in [2.75, 3.05) is 13.2 Å². The Hall–Kier alpha value is -1.51. The molecule has 15 heavy (non-hydrogen) atoms. The summed E-state index contributed by atoms with van der Waals surface area (Å²) in [6.07, 6.45) is 0.896. The van der Waals surface area contributed by atoms with E-state index in [1.165, 1.54) is 0 Å². The van der Waals surface area contributed by atoms with E-state index in [-0.39, 0.29) is 11.8 Å². The largest absolute Gasteiger partial charge is 0.494 e. The van der Waals surface area contributed by atoms with E-state index in [2.05, 4.69) is 5.32 Å². The topological polar surface area (TPSA) is 38.3 Å². The molecule has 1 fully saturated rings. The molecule has 2 rings (SSSR count). The second-order valence-electron chi connectivity index (χ2n) is 3.63. The SMILES string of the molecule is CCOc1ccc(C2CCNC2=O)cc1. The van der Waals surface area contributed by atoms with E-state index in [1.54, 1.807) is 0 Å². The summed E-state index contributed by atoms with van der Waals surface area (Å²) in [4.78, 5) is 11.4. The van der Waals surface area contributed by atoms with Crippen molar-refractivity contribution in [2.24, 2.45) is 0 Å². The molecule has 0 spiro atoms. The van der Waals surface area contributed by atoms with Gasteiger partial charge in [0.25, 0.3) is 0 Å². The molecule has 3 heteroatoms. The third kappa shape index (κ3) is 2.12. The Bertz CT molecular complexity index is 345. The molecule has 1 N–H and O–H groups in total. The van der Waals surface area contributed by atoms with Crippen LogP contribution in [0.4, 0.5) is 0 Å². The van der Waals surface area contributed by atoms with Gasteiger partial charge in [-0.2, -0.15) is 0 Å². The average Bonchev–Trinajstić information content (AvgIpc) is 2.66. The van der Waals surface area contributed by atoms with Crippen molar-refractivity contribution in [3.8, 4) is 5.75 Å². The van der Waals surface area contributed by atoms with Gasteiger partial charge in [-0.1, -0.05) is 12.1 Å². The molecular formula is C12H15NO2. The van der Waals surface area contributed by atoms with Crippen LogP contribution in [0.2, 0.25) is 0 Å². The van der Waals surface area contributed by atoms with Crippen LogP contribution in [0.5, 0.6) is 5.75 Å². The number of hydrogen-bond acceptors (Lipinski definition) is 2. The molecule has 0 saturated carbocycles. The minimum Gasteiger partial charge on any atom is -0.494 e. The van der Waals surface area contributed by atoms with Crippen molar-refractivity contribution < 1.29 is 9.53 Å². The number of carbonyl (C=O) groups is 1. The summed E-state index contributed by atoms with van der Waals surface area (Å²) < 4.78 is 5.35. The summed E-state index contributed by atoms with van der Waals surface area (Å²) in [5.41, 5.74) is 1.08. The van der Waals surface area contributed by atoms with Crippen LogP contribution >= 0.6 is 0 Å². The lowest BCUT2D eigenvalue weighted by Gasteiger charge is -2.08. The van der Waals surface area contributed by atoms with E-state index in [0.29, 0.717) is 6.61 Å². The molecule has 1 unspecified atom stereocenters. The van der Waals surface area contributed by atoms with Crippen LogP contribution in [-0.2, 0) is 4.79 Å². The van der Waals surface area contributed by atoms with Crippen molar-refractivity contribution in [1.29, 1.82) is 0 Å². The number of rotatable bonds is 3. The zero-order valence-electron chi connectivity index (χ0n) is 8.82. The maximum absolute atomic E-state index is 11.4. The van der Waals surface area contributed by atoms with Crippen LogP contribution in [0.1, 0.15) is 24.8 Å².